The van der Waals surface area contributed by atoms with E-state index in [1.54, 1.807) is 0 Å². The van der Waals surface area contributed by atoms with Crippen molar-refractivity contribution in [1.82, 2.24) is 0 Å². The molecule has 4 heteroatoms. The molecule has 0 bridgehead atoms. The Kier molecular flexibility index (Phi) is 8.03. The largest absolute Gasteiger partial charge is 0.493 e. The number of benzene rings is 3. The number of amides is 1. The van der Waals surface area contributed by atoms with E-state index in [-0.39, 0.29) is 23.3 Å². The fourth-order valence-electron chi connectivity index (χ4n) is 3.64. The first-order valence-electron chi connectivity index (χ1n) is 11.9. The van der Waals surface area contributed by atoms with Crippen LogP contribution in [0, 0.1) is 0 Å². The number of rotatable bonds is 8. The van der Waals surface area contributed by atoms with E-state index in [1.807, 2.05) is 48.5 Å². The van der Waals surface area contributed by atoms with Crippen LogP contribution < -0.4 is 14.8 Å². The molecule has 0 spiro atoms. The van der Waals surface area contributed by atoms with Crippen molar-refractivity contribution in [2.45, 2.75) is 58.8 Å². The monoisotopic (exact) mass is 459 g/mol. The van der Waals surface area contributed by atoms with E-state index < -0.39 is 0 Å². The van der Waals surface area contributed by atoms with Gasteiger partial charge in [0.25, 0.3) is 5.91 Å². The molecule has 34 heavy (non-hydrogen) atoms. The minimum Gasteiger partial charge on any atom is -0.493 e. The quantitative estimate of drug-likeness (QED) is 0.398. The topological polar surface area (TPSA) is 47.6 Å². The minimum atomic E-state index is -0.207. The van der Waals surface area contributed by atoms with Crippen molar-refractivity contribution in [3.05, 3.63) is 89.5 Å². The molecular weight excluding hydrogens is 422 g/mol. The van der Waals surface area contributed by atoms with E-state index in [0.717, 1.165) is 23.5 Å². The summed E-state index contributed by atoms with van der Waals surface area (Å²) in [4.78, 5) is 12.6. The van der Waals surface area contributed by atoms with Gasteiger partial charge in [-0.3, -0.25) is 4.79 Å². The normalized spacial score (nSPS) is 11.7. The summed E-state index contributed by atoms with van der Waals surface area (Å²) in [7, 11) is 0. The Hall–Kier alpha value is -3.27. The van der Waals surface area contributed by atoms with Crippen LogP contribution in [0.5, 0.6) is 11.5 Å². The van der Waals surface area contributed by atoms with Gasteiger partial charge in [-0.05, 0) is 45.7 Å². The minimum absolute atomic E-state index is 0.0457. The van der Waals surface area contributed by atoms with Crippen LogP contribution >= 0.6 is 0 Å². The van der Waals surface area contributed by atoms with Crippen molar-refractivity contribution in [2.24, 2.45) is 0 Å². The van der Waals surface area contributed by atoms with Gasteiger partial charge < -0.3 is 14.8 Å². The number of nitrogens with one attached hydrogen (secondary N) is 1. The van der Waals surface area contributed by atoms with E-state index >= 15 is 0 Å². The average Bonchev–Trinajstić information content (AvgIpc) is 2.77. The molecule has 0 saturated carbocycles. The first-order chi connectivity index (χ1) is 16.0. The average molecular weight is 460 g/mol. The van der Waals surface area contributed by atoms with E-state index in [0.29, 0.717) is 12.3 Å². The van der Waals surface area contributed by atoms with Gasteiger partial charge in [0.15, 0.2) is 6.61 Å². The molecule has 0 aliphatic rings. The zero-order valence-corrected chi connectivity index (χ0v) is 21.3. The third-order valence-corrected chi connectivity index (χ3v) is 5.63. The van der Waals surface area contributed by atoms with Crippen LogP contribution in [0.15, 0.2) is 72.8 Å². The molecule has 1 amide bonds. The lowest BCUT2D eigenvalue weighted by Crippen LogP contribution is -2.22. The zero-order chi connectivity index (χ0) is 24.8. The second kappa shape index (κ2) is 10.8. The van der Waals surface area contributed by atoms with Crippen LogP contribution in [0.1, 0.15) is 58.2 Å². The van der Waals surface area contributed by atoms with Crippen LogP contribution in [0.4, 0.5) is 5.69 Å². The summed E-state index contributed by atoms with van der Waals surface area (Å²) in [6.45, 7) is 13.6. The fraction of sp³-hybridized carbons (Fsp3) is 0.367. The fourth-order valence-corrected chi connectivity index (χ4v) is 3.64. The summed E-state index contributed by atoms with van der Waals surface area (Å²) in [6.07, 6.45) is 0.829. The zero-order valence-electron chi connectivity index (χ0n) is 21.3. The number of ether oxygens (including phenoxy) is 2. The van der Waals surface area contributed by atoms with Crippen molar-refractivity contribution in [2.75, 3.05) is 18.5 Å². The second-order valence-electron chi connectivity index (χ2n) is 10.7. The third-order valence-electron chi connectivity index (χ3n) is 5.63. The molecule has 0 aliphatic heterocycles. The van der Waals surface area contributed by atoms with Crippen molar-refractivity contribution in [1.29, 1.82) is 0 Å². The summed E-state index contributed by atoms with van der Waals surface area (Å²) in [5.74, 6) is 1.26. The van der Waals surface area contributed by atoms with Crippen molar-refractivity contribution in [3.63, 3.8) is 0 Å². The summed E-state index contributed by atoms with van der Waals surface area (Å²) in [5.41, 5.74) is 4.21. The Morgan fingerprint density at radius 2 is 1.53 bits per heavy atom. The number of anilines is 1. The van der Waals surface area contributed by atoms with E-state index in [2.05, 4.69) is 71.1 Å². The highest BCUT2D eigenvalue weighted by atomic mass is 16.5. The molecular formula is C30H37NO3. The number of hydrogen-bond donors (Lipinski definition) is 1. The predicted octanol–water partition coefficient (Wildman–Crippen LogP) is 6.92. The molecule has 1 N–H and O–H groups in total. The van der Waals surface area contributed by atoms with Gasteiger partial charge >= 0.3 is 0 Å². The molecule has 0 fully saturated rings. The lowest BCUT2D eigenvalue weighted by molar-refractivity contribution is -0.118. The molecule has 3 aromatic rings. The maximum absolute atomic E-state index is 12.6. The van der Waals surface area contributed by atoms with Gasteiger partial charge in [0.1, 0.15) is 11.5 Å². The SMILES string of the molecule is CC(C)(C)c1ccc(OCC(=O)Nc2cccc(OCCc3ccccc3)c2)c(C(C)(C)C)c1. The van der Waals surface area contributed by atoms with Crippen LogP contribution in [-0.4, -0.2) is 19.1 Å². The first-order valence-corrected chi connectivity index (χ1v) is 11.9. The molecule has 0 atom stereocenters. The van der Waals surface area contributed by atoms with Crippen LogP contribution in [0.2, 0.25) is 0 Å². The van der Waals surface area contributed by atoms with Gasteiger partial charge in [0.05, 0.1) is 6.61 Å². The Morgan fingerprint density at radius 3 is 2.21 bits per heavy atom. The van der Waals surface area contributed by atoms with Gasteiger partial charge in [0.2, 0.25) is 0 Å². The van der Waals surface area contributed by atoms with Crippen molar-refractivity contribution < 1.29 is 14.3 Å². The van der Waals surface area contributed by atoms with E-state index in [1.165, 1.54) is 11.1 Å². The molecule has 4 nitrogen and oxygen atoms in total. The third kappa shape index (κ3) is 7.38. The van der Waals surface area contributed by atoms with E-state index in [9.17, 15) is 4.79 Å². The molecule has 0 aromatic heterocycles. The summed E-state index contributed by atoms with van der Waals surface area (Å²) in [6, 6.07) is 23.9. The summed E-state index contributed by atoms with van der Waals surface area (Å²) < 4.78 is 11.8. The lowest BCUT2D eigenvalue weighted by atomic mass is 9.80. The molecule has 3 rings (SSSR count). The Morgan fingerprint density at radius 1 is 0.794 bits per heavy atom. The Bertz CT molecular complexity index is 1090. The number of carbonyl (C=O) groups excluding carboxylic acids is 1. The molecule has 0 aliphatic carbocycles. The van der Waals surface area contributed by atoms with Gasteiger partial charge in [0, 0.05) is 18.2 Å². The highest BCUT2D eigenvalue weighted by molar-refractivity contribution is 5.92. The second-order valence-corrected chi connectivity index (χ2v) is 10.7. The highest BCUT2D eigenvalue weighted by Crippen LogP contribution is 2.35. The molecule has 3 aromatic carbocycles. The molecule has 0 heterocycles. The van der Waals surface area contributed by atoms with Crippen LogP contribution in [-0.2, 0) is 22.0 Å². The summed E-state index contributed by atoms with van der Waals surface area (Å²) >= 11 is 0. The Balaban J connectivity index is 1.58. The first kappa shape index (κ1) is 25.4. The number of carbonyl (C=O) groups is 1. The highest BCUT2D eigenvalue weighted by Gasteiger charge is 2.23. The predicted molar refractivity (Wildman–Crippen MR) is 140 cm³/mol. The smallest absolute Gasteiger partial charge is 0.262 e. The molecule has 180 valence electrons. The molecule has 0 unspecified atom stereocenters. The molecule has 0 radical (unpaired) electrons. The Labute approximate surface area is 204 Å². The lowest BCUT2D eigenvalue weighted by Gasteiger charge is -2.27. The van der Waals surface area contributed by atoms with Crippen molar-refractivity contribution >= 4 is 11.6 Å². The molecule has 0 saturated heterocycles. The van der Waals surface area contributed by atoms with Gasteiger partial charge in [-0.15, -0.1) is 0 Å². The summed E-state index contributed by atoms with van der Waals surface area (Å²) in [5, 5.41) is 2.91. The van der Waals surface area contributed by atoms with Crippen LogP contribution in [0.25, 0.3) is 0 Å². The van der Waals surface area contributed by atoms with Gasteiger partial charge in [-0.25, -0.2) is 0 Å². The maximum atomic E-state index is 12.6. The van der Waals surface area contributed by atoms with E-state index in [4.69, 9.17) is 9.47 Å². The van der Waals surface area contributed by atoms with Crippen molar-refractivity contribution in [3.8, 4) is 11.5 Å². The van der Waals surface area contributed by atoms with Gasteiger partial charge in [-0.1, -0.05) is 90.1 Å². The maximum Gasteiger partial charge on any atom is 0.262 e. The van der Waals surface area contributed by atoms with Crippen LogP contribution in [0.3, 0.4) is 0 Å². The number of hydrogen-bond acceptors (Lipinski definition) is 3. The van der Waals surface area contributed by atoms with Gasteiger partial charge in [-0.2, -0.15) is 0 Å². The standard InChI is InChI=1S/C30H37NO3/c1-29(2,3)23-15-16-27(26(19-23)30(4,5)6)34-21-28(32)31-24-13-10-14-25(20-24)33-18-17-22-11-8-7-9-12-22/h7-16,19-20H,17-18,21H2,1-6H3,(H,31,32).